The van der Waals surface area contributed by atoms with Gasteiger partial charge < -0.3 is 5.11 Å². The molecule has 0 aliphatic heterocycles. The van der Waals surface area contributed by atoms with E-state index in [9.17, 15) is 5.11 Å². The maximum Gasteiger partial charge on any atom is 0.0540 e. The highest BCUT2D eigenvalue weighted by Gasteiger charge is 2.43. The molecule has 0 radical (unpaired) electrons. The van der Waals surface area contributed by atoms with Crippen molar-refractivity contribution < 1.29 is 5.11 Å². The van der Waals surface area contributed by atoms with Gasteiger partial charge >= 0.3 is 0 Å². The molecule has 1 fully saturated rings. The second kappa shape index (κ2) is 10.6. The molecule has 2 aliphatic rings. The summed E-state index contributed by atoms with van der Waals surface area (Å²) < 4.78 is 0. The van der Waals surface area contributed by atoms with Crippen molar-refractivity contribution in [1.29, 1.82) is 0 Å². The summed E-state index contributed by atoms with van der Waals surface area (Å²) >= 11 is 0. The molecule has 3 unspecified atom stereocenters. The Labute approximate surface area is 157 Å². The third-order valence-corrected chi connectivity index (χ3v) is 7.24. The van der Waals surface area contributed by atoms with Crippen LogP contribution in [0, 0.1) is 10.8 Å². The van der Waals surface area contributed by atoms with Crippen LogP contribution in [0.1, 0.15) is 110 Å². The fraction of sp³-hybridized carbons (Fsp3) is 0.833. The average Bonchev–Trinajstić information content (AvgIpc) is 2.77. The number of hydrogen-bond donors (Lipinski definition) is 1. The van der Waals surface area contributed by atoms with Gasteiger partial charge in [0.1, 0.15) is 0 Å². The van der Waals surface area contributed by atoms with E-state index in [0.717, 1.165) is 12.8 Å². The van der Waals surface area contributed by atoms with Crippen molar-refractivity contribution in [2.24, 2.45) is 10.8 Å². The summed E-state index contributed by atoms with van der Waals surface area (Å²) in [7, 11) is 0. The summed E-state index contributed by atoms with van der Waals surface area (Å²) in [6.07, 6.45) is 28.4. The van der Waals surface area contributed by atoms with E-state index in [1.165, 1.54) is 83.5 Å². The highest BCUT2D eigenvalue weighted by Crippen LogP contribution is 2.53. The Hall–Kier alpha value is -0.560. The number of aliphatic hydroxyl groups is 1. The van der Waals surface area contributed by atoms with Gasteiger partial charge in [-0.1, -0.05) is 57.4 Å². The van der Waals surface area contributed by atoms with Crippen LogP contribution in [-0.4, -0.2) is 11.2 Å². The zero-order valence-corrected chi connectivity index (χ0v) is 16.9. The van der Waals surface area contributed by atoms with Gasteiger partial charge in [-0.2, -0.15) is 0 Å². The van der Waals surface area contributed by atoms with Crippen LogP contribution in [0.2, 0.25) is 0 Å². The summed E-state index contributed by atoms with van der Waals surface area (Å²) in [5, 5.41) is 10.1. The summed E-state index contributed by atoms with van der Waals surface area (Å²) in [5.41, 5.74) is 0.730. The van der Waals surface area contributed by atoms with Gasteiger partial charge in [0.2, 0.25) is 0 Å². The molecule has 1 heteroatoms. The van der Waals surface area contributed by atoms with Crippen molar-refractivity contribution in [2.75, 3.05) is 0 Å². The lowest BCUT2D eigenvalue weighted by atomic mass is 9.58. The lowest BCUT2D eigenvalue weighted by Crippen LogP contribution is -2.37. The minimum Gasteiger partial charge on any atom is -0.393 e. The van der Waals surface area contributed by atoms with E-state index in [0.29, 0.717) is 10.8 Å². The molecule has 2 aliphatic carbocycles. The van der Waals surface area contributed by atoms with Gasteiger partial charge in [-0.3, -0.25) is 0 Å². The summed E-state index contributed by atoms with van der Waals surface area (Å²) in [5.74, 6) is 0. The van der Waals surface area contributed by atoms with Gasteiger partial charge in [-0.05, 0) is 87.9 Å². The van der Waals surface area contributed by atoms with Crippen LogP contribution in [0.3, 0.4) is 0 Å². The lowest BCUT2D eigenvalue weighted by Gasteiger charge is -2.47. The van der Waals surface area contributed by atoms with Crippen LogP contribution in [0.4, 0.5) is 0 Å². The molecule has 0 bridgehead atoms. The molecule has 0 heterocycles. The van der Waals surface area contributed by atoms with Gasteiger partial charge in [0.25, 0.3) is 0 Å². The highest BCUT2D eigenvalue weighted by atomic mass is 16.3. The topological polar surface area (TPSA) is 20.2 Å². The van der Waals surface area contributed by atoms with Crippen molar-refractivity contribution in [3.05, 3.63) is 24.3 Å². The van der Waals surface area contributed by atoms with Crippen molar-refractivity contribution in [2.45, 2.75) is 116 Å². The molecule has 1 N–H and O–H groups in total. The van der Waals surface area contributed by atoms with Gasteiger partial charge in [0, 0.05) is 0 Å². The van der Waals surface area contributed by atoms with E-state index in [1.54, 1.807) is 0 Å². The third kappa shape index (κ3) is 6.59. The Bertz CT molecular complexity index is 424. The molecule has 0 aromatic heterocycles. The normalized spacial score (nSPS) is 37.0. The van der Waals surface area contributed by atoms with Crippen molar-refractivity contribution in [1.82, 2.24) is 0 Å². The monoisotopic (exact) mass is 346 g/mol. The Balaban J connectivity index is 2.07. The minimum atomic E-state index is -0.0637. The first kappa shape index (κ1) is 20.7. The predicted octanol–water partition coefficient (Wildman–Crippen LogP) is 7.35. The molecule has 0 amide bonds. The van der Waals surface area contributed by atoms with Crippen LogP contribution >= 0.6 is 0 Å². The summed E-state index contributed by atoms with van der Waals surface area (Å²) in [6.45, 7) is 5.06. The maximum absolute atomic E-state index is 10.1. The Morgan fingerprint density at radius 2 is 1.24 bits per heavy atom. The molecule has 144 valence electrons. The molecule has 25 heavy (non-hydrogen) atoms. The molecule has 3 atom stereocenters. The first-order valence-corrected chi connectivity index (χ1v) is 11.0. The first-order valence-electron chi connectivity index (χ1n) is 11.0. The number of allylic oxidation sites excluding steroid dienone is 4. The van der Waals surface area contributed by atoms with E-state index in [1.807, 2.05) is 0 Å². The molecule has 0 aromatic rings. The average molecular weight is 347 g/mol. The Kier molecular flexibility index (Phi) is 8.76. The van der Waals surface area contributed by atoms with Crippen LogP contribution in [0.15, 0.2) is 24.3 Å². The largest absolute Gasteiger partial charge is 0.393 e. The number of rotatable bonds is 1. The van der Waals surface area contributed by atoms with Crippen LogP contribution < -0.4 is 0 Å². The molecule has 0 saturated heterocycles. The Morgan fingerprint density at radius 1 is 0.640 bits per heavy atom. The third-order valence-electron chi connectivity index (χ3n) is 7.24. The van der Waals surface area contributed by atoms with Crippen molar-refractivity contribution >= 4 is 0 Å². The molecule has 1 saturated carbocycles. The molecule has 2 rings (SSSR count). The molecular weight excluding hydrogens is 304 g/mol. The van der Waals surface area contributed by atoms with E-state index in [4.69, 9.17) is 0 Å². The zero-order chi connectivity index (χ0) is 18.0. The number of hydrogen-bond acceptors (Lipinski definition) is 1. The fourth-order valence-corrected chi connectivity index (χ4v) is 4.92. The predicted molar refractivity (Wildman–Crippen MR) is 110 cm³/mol. The van der Waals surface area contributed by atoms with E-state index in [2.05, 4.69) is 38.2 Å². The van der Waals surface area contributed by atoms with Gasteiger partial charge in [-0.25, -0.2) is 0 Å². The first-order chi connectivity index (χ1) is 12.1. The van der Waals surface area contributed by atoms with Crippen molar-refractivity contribution in [3.63, 3.8) is 0 Å². The molecular formula is C24H42O. The van der Waals surface area contributed by atoms with E-state index >= 15 is 0 Å². The van der Waals surface area contributed by atoms with Gasteiger partial charge in [0.05, 0.1) is 6.10 Å². The quantitative estimate of drug-likeness (QED) is 0.388. The Morgan fingerprint density at radius 3 is 1.96 bits per heavy atom. The van der Waals surface area contributed by atoms with Crippen LogP contribution in [-0.2, 0) is 0 Å². The molecule has 0 spiro atoms. The van der Waals surface area contributed by atoms with E-state index in [-0.39, 0.29) is 6.10 Å². The second-order valence-corrected chi connectivity index (χ2v) is 9.24. The minimum absolute atomic E-state index is 0.0637. The summed E-state index contributed by atoms with van der Waals surface area (Å²) in [4.78, 5) is 0. The standard InChI is InChI=1S/C24H42O/c1-23(24(2)20-15-16-22(25)17-21-24)18-13-11-9-7-5-3-4-6-8-10-12-14-19-23/h7,9,12,14,22,25H,3-6,8,10-11,13,15-21H2,1-2H3. The van der Waals surface area contributed by atoms with Gasteiger partial charge in [0.15, 0.2) is 0 Å². The number of aliphatic hydroxyl groups excluding tert-OH is 1. The van der Waals surface area contributed by atoms with E-state index < -0.39 is 0 Å². The summed E-state index contributed by atoms with van der Waals surface area (Å²) in [6, 6.07) is 0. The highest BCUT2D eigenvalue weighted by molar-refractivity contribution is 5.00. The zero-order valence-electron chi connectivity index (χ0n) is 16.9. The smallest absolute Gasteiger partial charge is 0.0540 e. The fourth-order valence-electron chi connectivity index (χ4n) is 4.92. The van der Waals surface area contributed by atoms with Crippen molar-refractivity contribution in [3.8, 4) is 0 Å². The van der Waals surface area contributed by atoms with Crippen LogP contribution in [0.25, 0.3) is 0 Å². The van der Waals surface area contributed by atoms with Gasteiger partial charge in [-0.15, -0.1) is 0 Å². The lowest BCUT2D eigenvalue weighted by molar-refractivity contribution is 0.0378. The molecule has 1 nitrogen and oxygen atoms in total. The maximum atomic E-state index is 10.1. The van der Waals surface area contributed by atoms with Crippen LogP contribution in [0.5, 0.6) is 0 Å². The SMILES string of the molecule is CC1(C2(C)CCCC(O)CC2)CC=CCCCCCCC=CCCC1. The second-order valence-electron chi connectivity index (χ2n) is 9.24. The molecule has 0 aromatic carbocycles.